The monoisotopic (exact) mass is 152 g/mol. The van der Waals surface area contributed by atoms with Crippen molar-refractivity contribution >= 4 is 11.6 Å². The normalized spacial score (nSPS) is 20.0. The van der Waals surface area contributed by atoms with Crippen LogP contribution in [-0.2, 0) is 9.59 Å². The number of ketones is 2. The summed E-state index contributed by atoms with van der Waals surface area (Å²) in [6.45, 7) is 1.45. The topological polar surface area (TPSA) is 54.4 Å². The number of hydrogen-bond acceptors (Lipinski definition) is 3. The van der Waals surface area contributed by atoms with Gasteiger partial charge in [0.25, 0.3) is 0 Å². The molecule has 0 aromatic rings. The Morgan fingerprint density at radius 1 is 1.36 bits per heavy atom. The van der Waals surface area contributed by atoms with Crippen LogP contribution in [0, 0.1) is 0 Å². The number of rotatable bonds is 1. The molecule has 0 heterocycles. The van der Waals surface area contributed by atoms with Crippen LogP contribution in [0.3, 0.4) is 0 Å². The van der Waals surface area contributed by atoms with E-state index in [4.69, 9.17) is 5.11 Å². The summed E-state index contributed by atoms with van der Waals surface area (Å²) in [5.41, 5.74) is 0.164. The summed E-state index contributed by atoms with van der Waals surface area (Å²) in [6.07, 6.45) is 2.65. The van der Waals surface area contributed by atoms with E-state index >= 15 is 0 Å². The van der Waals surface area contributed by atoms with Crippen LogP contribution in [0.5, 0.6) is 0 Å². The van der Waals surface area contributed by atoms with Crippen LogP contribution < -0.4 is 0 Å². The second-order valence-corrected chi connectivity index (χ2v) is 2.38. The molecular formula is C8H8O3. The lowest BCUT2D eigenvalue weighted by Gasteiger charge is -2.08. The second-order valence-electron chi connectivity index (χ2n) is 2.38. The molecule has 3 heteroatoms. The Morgan fingerprint density at radius 3 is 2.45 bits per heavy atom. The molecule has 0 aliphatic heterocycles. The largest absolute Gasteiger partial charge is 0.389 e. The van der Waals surface area contributed by atoms with Crippen molar-refractivity contribution < 1.29 is 14.7 Å². The van der Waals surface area contributed by atoms with Gasteiger partial charge in [-0.2, -0.15) is 0 Å². The third-order valence-electron chi connectivity index (χ3n) is 1.43. The molecule has 1 aliphatic rings. The number of carbonyl (C=O) groups excluding carboxylic acids is 2. The lowest BCUT2D eigenvalue weighted by molar-refractivity contribution is -0.115. The van der Waals surface area contributed by atoms with Crippen LogP contribution >= 0.6 is 0 Å². The highest BCUT2D eigenvalue weighted by molar-refractivity contribution is 6.17. The zero-order chi connectivity index (χ0) is 8.43. The van der Waals surface area contributed by atoms with Crippen LogP contribution in [0.4, 0.5) is 0 Å². The highest BCUT2D eigenvalue weighted by atomic mass is 16.3. The maximum absolute atomic E-state index is 10.9. The molecule has 1 N–H and O–H groups in total. The van der Waals surface area contributed by atoms with E-state index in [1.165, 1.54) is 19.1 Å². The number of aliphatic hydroxyl groups excluding tert-OH is 1. The zero-order valence-corrected chi connectivity index (χ0v) is 6.07. The summed E-state index contributed by atoms with van der Waals surface area (Å²) in [5, 5.41) is 8.99. The Balaban J connectivity index is 2.94. The molecule has 0 aromatic heterocycles. The fourth-order valence-corrected chi connectivity index (χ4v) is 0.853. The zero-order valence-electron chi connectivity index (χ0n) is 6.07. The quantitative estimate of drug-likeness (QED) is 0.538. The van der Waals surface area contributed by atoms with Gasteiger partial charge in [-0.15, -0.1) is 0 Å². The van der Waals surface area contributed by atoms with Gasteiger partial charge >= 0.3 is 0 Å². The Bertz CT molecular complexity index is 259. The average Bonchev–Trinajstić information content (AvgIpc) is 1.94. The molecule has 0 saturated heterocycles. The van der Waals surface area contributed by atoms with Gasteiger partial charge in [-0.1, -0.05) is 0 Å². The van der Waals surface area contributed by atoms with E-state index in [-0.39, 0.29) is 17.1 Å². The summed E-state index contributed by atoms with van der Waals surface area (Å²) in [7, 11) is 0. The maximum atomic E-state index is 10.9. The molecule has 1 aliphatic carbocycles. The first-order chi connectivity index (χ1) is 5.11. The van der Waals surface area contributed by atoms with Crippen molar-refractivity contribution in [1.29, 1.82) is 0 Å². The molecule has 1 unspecified atom stereocenters. The van der Waals surface area contributed by atoms with Crippen molar-refractivity contribution in [2.45, 2.75) is 13.0 Å². The molecule has 0 amide bonds. The van der Waals surface area contributed by atoms with Gasteiger partial charge in [0.05, 0.1) is 6.10 Å². The molecule has 11 heavy (non-hydrogen) atoms. The molecule has 58 valence electrons. The molecule has 0 saturated carbocycles. The van der Waals surface area contributed by atoms with Crippen LogP contribution in [-0.4, -0.2) is 22.8 Å². The number of aliphatic hydroxyl groups is 1. The first kappa shape index (κ1) is 7.88. The highest BCUT2D eigenvalue weighted by Crippen LogP contribution is 2.08. The second kappa shape index (κ2) is 2.80. The Morgan fingerprint density at radius 2 is 2.00 bits per heavy atom. The van der Waals surface area contributed by atoms with Crippen molar-refractivity contribution in [3.05, 3.63) is 23.8 Å². The number of carbonyl (C=O) groups is 2. The minimum Gasteiger partial charge on any atom is -0.389 e. The van der Waals surface area contributed by atoms with Gasteiger partial charge in [0.15, 0.2) is 11.6 Å². The summed E-state index contributed by atoms with van der Waals surface area (Å²) in [5.74, 6) is -0.542. The van der Waals surface area contributed by atoms with Gasteiger partial charge < -0.3 is 5.11 Å². The van der Waals surface area contributed by atoms with Gasteiger partial charge in [-0.05, 0) is 25.2 Å². The van der Waals surface area contributed by atoms with Crippen molar-refractivity contribution in [3.8, 4) is 0 Å². The SMILES string of the molecule is CC(O)C1=CC(=O)C=CC1=O. The Labute approximate surface area is 64.0 Å². The van der Waals surface area contributed by atoms with Crippen LogP contribution in [0.15, 0.2) is 23.8 Å². The van der Waals surface area contributed by atoms with Crippen molar-refractivity contribution in [1.82, 2.24) is 0 Å². The first-order valence-corrected chi connectivity index (χ1v) is 3.27. The Kier molecular flexibility index (Phi) is 2.01. The van der Waals surface area contributed by atoms with Crippen molar-refractivity contribution in [2.75, 3.05) is 0 Å². The van der Waals surface area contributed by atoms with Gasteiger partial charge in [0, 0.05) is 5.57 Å². The third-order valence-corrected chi connectivity index (χ3v) is 1.43. The van der Waals surface area contributed by atoms with E-state index in [0.717, 1.165) is 6.08 Å². The molecule has 0 spiro atoms. The molecule has 0 bridgehead atoms. The van der Waals surface area contributed by atoms with Gasteiger partial charge in [0.2, 0.25) is 0 Å². The summed E-state index contributed by atoms with van der Waals surface area (Å²) >= 11 is 0. The minimum atomic E-state index is -0.864. The summed E-state index contributed by atoms with van der Waals surface area (Å²) < 4.78 is 0. The number of hydrogen-bond donors (Lipinski definition) is 1. The predicted octanol–water partition coefficient (Wildman–Crippen LogP) is 0.00160. The highest BCUT2D eigenvalue weighted by Gasteiger charge is 2.16. The van der Waals surface area contributed by atoms with Crippen molar-refractivity contribution in [2.24, 2.45) is 0 Å². The van der Waals surface area contributed by atoms with Gasteiger partial charge in [-0.25, -0.2) is 0 Å². The smallest absolute Gasteiger partial charge is 0.184 e. The first-order valence-electron chi connectivity index (χ1n) is 3.27. The predicted molar refractivity (Wildman–Crippen MR) is 38.9 cm³/mol. The van der Waals surface area contributed by atoms with Crippen molar-refractivity contribution in [3.63, 3.8) is 0 Å². The fourth-order valence-electron chi connectivity index (χ4n) is 0.853. The molecular weight excluding hydrogens is 144 g/mol. The van der Waals surface area contributed by atoms with E-state index in [1.807, 2.05) is 0 Å². The Hall–Kier alpha value is -1.22. The van der Waals surface area contributed by atoms with Gasteiger partial charge in [0.1, 0.15) is 0 Å². The summed E-state index contributed by atoms with van der Waals surface area (Å²) in [4.78, 5) is 21.6. The standard InChI is InChI=1S/C8H8O3/c1-5(9)7-4-6(10)2-3-8(7)11/h2-5,9H,1H3. The third kappa shape index (κ3) is 1.62. The maximum Gasteiger partial charge on any atom is 0.184 e. The molecule has 0 radical (unpaired) electrons. The lowest BCUT2D eigenvalue weighted by atomic mass is 10.00. The molecule has 0 aromatic carbocycles. The molecule has 1 atom stereocenters. The van der Waals surface area contributed by atoms with Crippen LogP contribution in [0.2, 0.25) is 0 Å². The molecule has 0 fully saturated rings. The van der Waals surface area contributed by atoms with Crippen LogP contribution in [0.1, 0.15) is 6.92 Å². The van der Waals surface area contributed by atoms with E-state index < -0.39 is 6.10 Å². The average molecular weight is 152 g/mol. The number of allylic oxidation sites excluding steroid dienone is 3. The summed E-state index contributed by atoms with van der Waals surface area (Å²) in [6, 6.07) is 0. The van der Waals surface area contributed by atoms with E-state index in [1.54, 1.807) is 0 Å². The minimum absolute atomic E-state index is 0.164. The van der Waals surface area contributed by atoms with Crippen LogP contribution in [0.25, 0.3) is 0 Å². The van der Waals surface area contributed by atoms with E-state index in [2.05, 4.69) is 0 Å². The molecule has 3 nitrogen and oxygen atoms in total. The van der Waals surface area contributed by atoms with E-state index in [0.29, 0.717) is 0 Å². The lowest BCUT2D eigenvalue weighted by Crippen LogP contribution is -2.17. The van der Waals surface area contributed by atoms with E-state index in [9.17, 15) is 9.59 Å². The fraction of sp³-hybridized carbons (Fsp3) is 0.250. The van der Waals surface area contributed by atoms with Gasteiger partial charge in [-0.3, -0.25) is 9.59 Å². The molecule has 1 rings (SSSR count).